The van der Waals surface area contributed by atoms with Crippen LogP contribution in [0.3, 0.4) is 0 Å². The molecule has 0 bridgehead atoms. The van der Waals surface area contributed by atoms with Crippen molar-refractivity contribution in [2.75, 3.05) is 39.1 Å². The number of hydrogen-bond acceptors (Lipinski definition) is 5. The Morgan fingerprint density at radius 2 is 2.00 bits per heavy atom. The van der Waals surface area contributed by atoms with Gasteiger partial charge in [-0.1, -0.05) is 6.07 Å². The van der Waals surface area contributed by atoms with Crippen LogP contribution in [0.2, 0.25) is 0 Å². The average molecular weight is 272 g/mol. The Morgan fingerprint density at radius 3 is 2.61 bits per heavy atom. The summed E-state index contributed by atoms with van der Waals surface area (Å²) in [5.74, 6) is 0.198. The molecule has 1 aliphatic rings. The van der Waals surface area contributed by atoms with Gasteiger partial charge in [-0.3, -0.25) is 0 Å². The van der Waals surface area contributed by atoms with Gasteiger partial charge in [-0.2, -0.15) is 4.31 Å². The van der Waals surface area contributed by atoms with E-state index in [1.54, 1.807) is 12.1 Å². The summed E-state index contributed by atoms with van der Waals surface area (Å²) in [7, 11) is -2.17. The fraction of sp³-hybridized carbons (Fsp3) is 0.455. The van der Waals surface area contributed by atoms with Crippen molar-refractivity contribution in [1.82, 2.24) is 4.31 Å². The predicted octanol–water partition coefficient (Wildman–Crippen LogP) is 0.298. The van der Waals surface area contributed by atoms with Crippen LogP contribution < -0.4 is 10.5 Å². The Morgan fingerprint density at radius 1 is 1.33 bits per heavy atom. The van der Waals surface area contributed by atoms with E-state index in [1.165, 1.54) is 17.5 Å². The summed E-state index contributed by atoms with van der Waals surface area (Å²) in [6, 6.07) is 4.71. The van der Waals surface area contributed by atoms with E-state index in [9.17, 15) is 8.42 Å². The maximum absolute atomic E-state index is 12.5. The van der Waals surface area contributed by atoms with E-state index in [1.807, 2.05) is 0 Å². The fourth-order valence-corrected chi connectivity index (χ4v) is 3.47. The van der Waals surface area contributed by atoms with Crippen LogP contribution in [-0.2, 0) is 14.8 Å². The first-order chi connectivity index (χ1) is 8.57. The summed E-state index contributed by atoms with van der Waals surface area (Å²) in [5, 5.41) is 0. The molecule has 0 radical (unpaired) electrons. The molecule has 2 N–H and O–H groups in total. The van der Waals surface area contributed by atoms with Crippen molar-refractivity contribution >= 4 is 15.7 Å². The fourth-order valence-electron chi connectivity index (χ4n) is 1.88. The lowest BCUT2D eigenvalue weighted by atomic mass is 10.3. The molecule has 0 atom stereocenters. The average Bonchev–Trinajstić information content (AvgIpc) is 2.39. The maximum atomic E-state index is 12.5. The molecule has 1 aliphatic heterocycles. The lowest BCUT2D eigenvalue weighted by molar-refractivity contribution is 0.0729. The number of anilines is 1. The topological polar surface area (TPSA) is 81.9 Å². The molecule has 2 rings (SSSR count). The molecular formula is C11H16N2O4S. The highest BCUT2D eigenvalue weighted by molar-refractivity contribution is 7.89. The van der Waals surface area contributed by atoms with Gasteiger partial charge in [0.1, 0.15) is 4.90 Å². The van der Waals surface area contributed by atoms with Gasteiger partial charge in [-0.25, -0.2) is 8.42 Å². The monoisotopic (exact) mass is 272 g/mol. The third kappa shape index (κ3) is 2.29. The molecule has 1 fully saturated rings. The summed E-state index contributed by atoms with van der Waals surface area (Å²) in [5.41, 5.74) is 6.04. The molecule has 1 aromatic carbocycles. The minimum absolute atomic E-state index is 0.104. The Balaban J connectivity index is 2.43. The quantitative estimate of drug-likeness (QED) is 0.800. The molecule has 0 unspecified atom stereocenters. The summed E-state index contributed by atoms with van der Waals surface area (Å²) < 4.78 is 36.5. The van der Waals surface area contributed by atoms with Gasteiger partial charge in [0.25, 0.3) is 0 Å². The van der Waals surface area contributed by atoms with Crippen LogP contribution in [0.4, 0.5) is 5.69 Å². The number of hydrogen-bond donors (Lipinski definition) is 1. The van der Waals surface area contributed by atoms with E-state index in [0.717, 1.165) is 0 Å². The summed E-state index contributed by atoms with van der Waals surface area (Å²) in [6.45, 7) is 1.51. The van der Waals surface area contributed by atoms with Crippen LogP contribution >= 0.6 is 0 Å². The third-order valence-electron chi connectivity index (χ3n) is 2.80. The zero-order valence-corrected chi connectivity index (χ0v) is 10.9. The van der Waals surface area contributed by atoms with E-state index in [0.29, 0.717) is 32.0 Å². The molecule has 0 saturated carbocycles. The number of nitrogens with two attached hydrogens (primary N) is 1. The van der Waals surface area contributed by atoms with Crippen molar-refractivity contribution < 1.29 is 17.9 Å². The summed E-state index contributed by atoms with van der Waals surface area (Å²) in [6.07, 6.45) is 0. The molecule has 0 amide bonds. The van der Waals surface area contributed by atoms with Gasteiger partial charge < -0.3 is 15.2 Å². The lowest BCUT2D eigenvalue weighted by Gasteiger charge is -2.26. The van der Waals surface area contributed by atoms with Crippen LogP contribution in [0.25, 0.3) is 0 Å². The van der Waals surface area contributed by atoms with Gasteiger partial charge in [0.2, 0.25) is 10.0 Å². The second kappa shape index (κ2) is 5.13. The van der Waals surface area contributed by atoms with Crippen LogP contribution in [0.15, 0.2) is 23.1 Å². The number of para-hydroxylation sites is 1. The predicted molar refractivity (Wildman–Crippen MR) is 67.0 cm³/mol. The van der Waals surface area contributed by atoms with Crippen molar-refractivity contribution in [2.24, 2.45) is 0 Å². The Kier molecular flexibility index (Phi) is 3.74. The van der Waals surface area contributed by atoms with Crippen molar-refractivity contribution in [2.45, 2.75) is 4.90 Å². The van der Waals surface area contributed by atoms with Crippen molar-refractivity contribution in [3.8, 4) is 5.75 Å². The highest BCUT2D eigenvalue weighted by atomic mass is 32.2. The van der Waals surface area contributed by atoms with E-state index in [2.05, 4.69) is 0 Å². The molecular weight excluding hydrogens is 256 g/mol. The minimum Gasteiger partial charge on any atom is -0.493 e. The molecule has 18 heavy (non-hydrogen) atoms. The van der Waals surface area contributed by atoms with Crippen molar-refractivity contribution in [3.05, 3.63) is 18.2 Å². The summed E-state index contributed by atoms with van der Waals surface area (Å²) in [4.78, 5) is 0.104. The third-order valence-corrected chi connectivity index (χ3v) is 4.72. The standard InChI is InChI=1S/C11H16N2O4S/c1-16-11-9(12)3-2-4-10(11)18(14,15)13-5-7-17-8-6-13/h2-4H,5-8,12H2,1H3. The molecule has 0 aliphatic carbocycles. The highest BCUT2D eigenvalue weighted by Gasteiger charge is 2.29. The van der Waals surface area contributed by atoms with Gasteiger partial charge in [0.05, 0.1) is 26.0 Å². The largest absolute Gasteiger partial charge is 0.493 e. The minimum atomic E-state index is -3.58. The number of nitrogens with zero attached hydrogens (tertiary/aromatic N) is 1. The van der Waals surface area contributed by atoms with E-state index in [4.69, 9.17) is 15.2 Å². The molecule has 1 saturated heterocycles. The molecule has 1 heterocycles. The number of ether oxygens (including phenoxy) is 2. The second-order valence-electron chi connectivity index (χ2n) is 3.90. The van der Waals surface area contributed by atoms with E-state index in [-0.39, 0.29) is 10.6 Å². The number of rotatable bonds is 3. The molecule has 7 heteroatoms. The first-order valence-electron chi connectivity index (χ1n) is 5.57. The summed E-state index contributed by atoms with van der Waals surface area (Å²) >= 11 is 0. The number of nitrogen functional groups attached to an aromatic ring is 1. The second-order valence-corrected chi connectivity index (χ2v) is 5.80. The van der Waals surface area contributed by atoms with Crippen LogP contribution in [0.1, 0.15) is 0 Å². The zero-order chi connectivity index (χ0) is 13.2. The number of sulfonamides is 1. The van der Waals surface area contributed by atoms with Crippen LogP contribution in [-0.4, -0.2) is 46.1 Å². The van der Waals surface area contributed by atoms with E-state index < -0.39 is 10.0 Å². The van der Waals surface area contributed by atoms with Crippen molar-refractivity contribution in [1.29, 1.82) is 0 Å². The molecule has 100 valence electrons. The van der Waals surface area contributed by atoms with Gasteiger partial charge in [0.15, 0.2) is 5.75 Å². The first kappa shape index (κ1) is 13.1. The number of benzene rings is 1. The molecule has 0 aromatic heterocycles. The number of methoxy groups -OCH3 is 1. The Hall–Kier alpha value is -1.31. The highest BCUT2D eigenvalue weighted by Crippen LogP contribution is 2.32. The Bertz CT molecular complexity index is 524. The van der Waals surface area contributed by atoms with E-state index >= 15 is 0 Å². The van der Waals surface area contributed by atoms with Crippen molar-refractivity contribution in [3.63, 3.8) is 0 Å². The molecule has 0 spiro atoms. The number of morpholine rings is 1. The van der Waals surface area contributed by atoms with Gasteiger partial charge in [-0.15, -0.1) is 0 Å². The molecule has 1 aromatic rings. The first-order valence-corrected chi connectivity index (χ1v) is 7.01. The van der Waals surface area contributed by atoms with Gasteiger partial charge in [-0.05, 0) is 12.1 Å². The van der Waals surface area contributed by atoms with Gasteiger partial charge in [0, 0.05) is 13.1 Å². The lowest BCUT2D eigenvalue weighted by Crippen LogP contribution is -2.40. The molecule has 6 nitrogen and oxygen atoms in total. The van der Waals surface area contributed by atoms with Crippen LogP contribution in [0.5, 0.6) is 5.75 Å². The normalized spacial score (nSPS) is 17.6. The SMILES string of the molecule is COc1c(N)cccc1S(=O)(=O)N1CCOCC1. The zero-order valence-electron chi connectivity index (χ0n) is 10.1. The van der Waals surface area contributed by atoms with Gasteiger partial charge >= 0.3 is 0 Å². The Labute approximate surface area is 106 Å². The smallest absolute Gasteiger partial charge is 0.246 e. The van der Waals surface area contributed by atoms with Crippen LogP contribution in [0, 0.1) is 0 Å². The maximum Gasteiger partial charge on any atom is 0.246 e.